The Morgan fingerprint density at radius 3 is 2.75 bits per heavy atom. The van der Waals surface area contributed by atoms with Crippen LogP contribution in [0.3, 0.4) is 0 Å². The van der Waals surface area contributed by atoms with Gasteiger partial charge in [-0.15, -0.1) is 0 Å². The molecule has 0 saturated carbocycles. The van der Waals surface area contributed by atoms with Crippen molar-refractivity contribution >= 4 is 10.0 Å². The first-order valence-electron chi connectivity index (χ1n) is 6.71. The first-order chi connectivity index (χ1) is 9.59. The quantitative estimate of drug-likeness (QED) is 0.831. The largest absolute Gasteiger partial charge is 0.495 e. The van der Waals surface area contributed by atoms with Gasteiger partial charge in [-0.2, -0.15) is 4.31 Å². The molecule has 0 amide bonds. The summed E-state index contributed by atoms with van der Waals surface area (Å²) >= 11 is 0. The molecule has 1 aliphatic rings. The van der Waals surface area contributed by atoms with Crippen LogP contribution >= 0.6 is 0 Å². The zero-order valence-electron chi connectivity index (χ0n) is 11.9. The van der Waals surface area contributed by atoms with E-state index in [1.54, 1.807) is 31.4 Å². The van der Waals surface area contributed by atoms with E-state index in [0.717, 1.165) is 12.8 Å². The lowest BCUT2D eigenvalue weighted by Crippen LogP contribution is -2.41. The van der Waals surface area contributed by atoms with Gasteiger partial charge in [-0.25, -0.2) is 8.42 Å². The highest BCUT2D eigenvalue weighted by Gasteiger charge is 2.31. The smallest absolute Gasteiger partial charge is 0.246 e. The van der Waals surface area contributed by atoms with Gasteiger partial charge >= 0.3 is 0 Å². The number of sulfonamides is 1. The zero-order chi connectivity index (χ0) is 14.6. The predicted octanol–water partition coefficient (Wildman–Crippen LogP) is 1.74. The molecule has 1 heterocycles. The Morgan fingerprint density at radius 2 is 2.05 bits per heavy atom. The van der Waals surface area contributed by atoms with Gasteiger partial charge in [0.15, 0.2) is 0 Å². The number of nitrogens with zero attached hydrogens (tertiary/aromatic N) is 1. The predicted molar refractivity (Wildman–Crippen MR) is 76.4 cm³/mol. The first-order valence-corrected chi connectivity index (χ1v) is 8.15. The van der Waals surface area contributed by atoms with Crippen molar-refractivity contribution in [1.29, 1.82) is 0 Å². The number of para-hydroxylation sites is 1. The second-order valence-electron chi connectivity index (χ2n) is 4.98. The first kappa shape index (κ1) is 15.3. The Balaban J connectivity index is 2.25. The lowest BCUT2D eigenvalue weighted by molar-refractivity contribution is 0.118. The Labute approximate surface area is 120 Å². The molecule has 20 heavy (non-hydrogen) atoms. The highest BCUT2D eigenvalue weighted by Crippen LogP contribution is 2.29. The van der Waals surface area contributed by atoms with Crippen LogP contribution in [0.1, 0.15) is 12.8 Å². The van der Waals surface area contributed by atoms with Gasteiger partial charge < -0.3 is 9.47 Å². The summed E-state index contributed by atoms with van der Waals surface area (Å²) in [4.78, 5) is 0.237. The maximum absolute atomic E-state index is 12.7. The van der Waals surface area contributed by atoms with Gasteiger partial charge in [0.2, 0.25) is 10.0 Å². The van der Waals surface area contributed by atoms with Gasteiger partial charge in [-0.3, -0.25) is 0 Å². The van der Waals surface area contributed by atoms with E-state index in [1.807, 2.05) is 0 Å². The summed E-state index contributed by atoms with van der Waals surface area (Å²) in [6.45, 7) is 1.66. The van der Waals surface area contributed by atoms with E-state index in [4.69, 9.17) is 9.47 Å². The molecule has 5 nitrogen and oxygen atoms in total. The lowest BCUT2D eigenvalue weighted by atomic mass is 10.0. The number of rotatable bonds is 5. The molecule has 1 saturated heterocycles. The van der Waals surface area contributed by atoms with Crippen molar-refractivity contribution in [3.63, 3.8) is 0 Å². The van der Waals surface area contributed by atoms with Crippen LogP contribution in [0.25, 0.3) is 0 Å². The second kappa shape index (κ2) is 6.56. The SMILES string of the molecule is COCC1CCCN(S(=O)(=O)c2ccccc2OC)C1. The Morgan fingerprint density at radius 1 is 1.30 bits per heavy atom. The third-order valence-electron chi connectivity index (χ3n) is 3.57. The van der Waals surface area contributed by atoms with Crippen LogP contribution in [0.2, 0.25) is 0 Å². The van der Waals surface area contributed by atoms with E-state index in [-0.39, 0.29) is 10.8 Å². The fraction of sp³-hybridized carbons (Fsp3) is 0.571. The molecule has 0 radical (unpaired) electrons. The third kappa shape index (κ3) is 3.13. The molecule has 112 valence electrons. The van der Waals surface area contributed by atoms with E-state index >= 15 is 0 Å². The van der Waals surface area contributed by atoms with Crippen LogP contribution in [-0.4, -0.2) is 46.6 Å². The number of hydrogen-bond donors (Lipinski definition) is 0. The summed E-state index contributed by atoms with van der Waals surface area (Å²) in [7, 11) is -0.372. The molecule has 1 unspecified atom stereocenters. The summed E-state index contributed by atoms with van der Waals surface area (Å²) < 4.78 is 37.3. The van der Waals surface area contributed by atoms with E-state index in [2.05, 4.69) is 0 Å². The number of piperidine rings is 1. The van der Waals surface area contributed by atoms with E-state index in [0.29, 0.717) is 25.4 Å². The Bertz CT molecular complexity index is 542. The summed E-state index contributed by atoms with van der Waals surface area (Å²) in [5.74, 6) is 0.652. The van der Waals surface area contributed by atoms with Gasteiger partial charge in [0.05, 0.1) is 13.7 Å². The maximum Gasteiger partial charge on any atom is 0.246 e. The Kier molecular flexibility index (Phi) is 5.01. The van der Waals surface area contributed by atoms with E-state index in [1.165, 1.54) is 11.4 Å². The molecule has 1 aliphatic heterocycles. The van der Waals surface area contributed by atoms with Crippen molar-refractivity contribution in [3.8, 4) is 5.75 Å². The van der Waals surface area contributed by atoms with Crippen LogP contribution in [0, 0.1) is 5.92 Å². The summed E-state index contributed by atoms with van der Waals surface area (Å²) in [5.41, 5.74) is 0. The minimum absolute atomic E-state index is 0.237. The molecule has 2 rings (SSSR count). The van der Waals surface area contributed by atoms with Gasteiger partial charge in [0.25, 0.3) is 0 Å². The third-order valence-corrected chi connectivity index (χ3v) is 5.48. The van der Waals surface area contributed by atoms with Gasteiger partial charge in [-0.05, 0) is 30.9 Å². The van der Waals surface area contributed by atoms with Crippen molar-refractivity contribution in [2.75, 3.05) is 33.9 Å². The lowest BCUT2D eigenvalue weighted by Gasteiger charge is -2.31. The topological polar surface area (TPSA) is 55.8 Å². The average molecular weight is 299 g/mol. The normalized spacial score (nSPS) is 20.8. The Hall–Kier alpha value is -1.11. The summed E-state index contributed by atoms with van der Waals surface area (Å²) in [5, 5.41) is 0. The van der Waals surface area contributed by atoms with Crippen molar-refractivity contribution in [1.82, 2.24) is 4.31 Å². The van der Waals surface area contributed by atoms with Crippen molar-refractivity contribution in [2.45, 2.75) is 17.7 Å². The molecule has 1 fully saturated rings. The highest BCUT2D eigenvalue weighted by molar-refractivity contribution is 7.89. The molecule has 1 atom stereocenters. The number of ether oxygens (including phenoxy) is 2. The van der Waals surface area contributed by atoms with Gasteiger partial charge in [0.1, 0.15) is 10.6 Å². The number of hydrogen-bond acceptors (Lipinski definition) is 4. The van der Waals surface area contributed by atoms with E-state index in [9.17, 15) is 8.42 Å². The minimum Gasteiger partial charge on any atom is -0.495 e. The monoisotopic (exact) mass is 299 g/mol. The van der Waals surface area contributed by atoms with Gasteiger partial charge in [0, 0.05) is 20.2 Å². The van der Waals surface area contributed by atoms with Crippen molar-refractivity contribution < 1.29 is 17.9 Å². The van der Waals surface area contributed by atoms with Crippen LogP contribution in [0.5, 0.6) is 5.75 Å². The highest BCUT2D eigenvalue weighted by atomic mass is 32.2. The van der Waals surface area contributed by atoms with Crippen molar-refractivity contribution in [2.24, 2.45) is 5.92 Å². The molecular weight excluding hydrogens is 278 g/mol. The van der Waals surface area contributed by atoms with Gasteiger partial charge in [-0.1, -0.05) is 12.1 Å². The molecule has 0 spiro atoms. The molecule has 1 aromatic rings. The van der Waals surface area contributed by atoms with Crippen LogP contribution in [0.15, 0.2) is 29.2 Å². The summed E-state index contributed by atoms with van der Waals surface area (Å²) in [6.07, 6.45) is 1.87. The molecule has 0 bridgehead atoms. The molecular formula is C14H21NO4S. The molecule has 0 N–H and O–H groups in total. The summed E-state index contributed by atoms with van der Waals surface area (Å²) in [6, 6.07) is 6.74. The van der Waals surface area contributed by atoms with Crippen LogP contribution in [0.4, 0.5) is 0 Å². The number of methoxy groups -OCH3 is 2. The fourth-order valence-corrected chi connectivity index (χ4v) is 4.30. The van der Waals surface area contributed by atoms with E-state index < -0.39 is 10.0 Å². The fourth-order valence-electron chi connectivity index (χ4n) is 2.59. The zero-order valence-corrected chi connectivity index (χ0v) is 12.7. The van der Waals surface area contributed by atoms with Crippen LogP contribution in [-0.2, 0) is 14.8 Å². The standard InChI is InChI=1S/C14H21NO4S/c1-18-11-12-6-5-9-15(10-12)20(16,17)14-8-4-3-7-13(14)19-2/h3-4,7-8,12H,5-6,9-11H2,1-2H3. The van der Waals surface area contributed by atoms with Crippen LogP contribution < -0.4 is 4.74 Å². The van der Waals surface area contributed by atoms with Crippen molar-refractivity contribution in [3.05, 3.63) is 24.3 Å². The molecule has 0 aromatic heterocycles. The molecule has 0 aliphatic carbocycles. The average Bonchev–Trinajstić information content (AvgIpc) is 2.48. The minimum atomic E-state index is -3.50. The molecule has 1 aromatic carbocycles. The second-order valence-corrected chi connectivity index (χ2v) is 6.88. The molecule has 6 heteroatoms. The number of benzene rings is 1. The maximum atomic E-state index is 12.7.